The molecular formula is C16H24N4O6. The highest BCUT2D eigenvalue weighted by atomic mass is 16.6. The number of rotatable bonds is 3. The van der Waals surface area contributed by atoms with E-state index in [0.717, 1.165) is 4.68 Å². The van der Waals surface area contributed by atoms with Gasteiger partial charge in [-0.3, -0.25) is 4.79 Å². The van der Waals surface area contributed by atoms with E-state index in [-0.39, 0.29) is 21.5 Å². The fourth-order valence-electron chi connectivity index (χ4n) is 2.08. The van der Waals surface area contributed by atoms with Gasteiger partial charge in [0.2, 0.25) is 12.1 Å². The van der Waals surface area contributed by atoms with Crippen molar-refractivity contribution in [2.24, 2.45) is 0 Å². The highest BCUT2D eigenvalue weighted by molar-refractivity contribution is 5.82. The number of anilines is 1. The van der Waals surface area contributed by atoms with Gasteiger partial charge in [-0.05, 0) is 47.6 Å². The summed E-state index contributed by atoms with van der Waals surface area (Å²) in [5.74, 6) is 0. The molecule has 0 fully saturated rings. The van der Waals surface area contributed by atoms with Crippen molar-refractivity contribution in [1.82, 2.24) is 14.5 Å². The van der Waals surface area contributed by atoms with E-state index in [1.165, 1.54) is 12.3 Å². The molecule has 0 aliphatic heterocycles. The number of fused-ring (bicyclic) bond motifs is 1. The third-order valence-electron chi connectivity index (χ3n) is 2.97. The van der Waals surface area contributed by atoms with Gasteiger partial charge in [0.25, 0.3) is 0 Å². The van der Waals surface area contributed by atoms with Crippen LogP contribution in [0.4, 0.5) is 10.5 Å². The van der Waals surface area contributed by atoms with Crippen LogP contribution in [0.3, 0.4) is 0 Å². The normalized spacial score (nSPS) is 13.7. The average Bonchev–Trinajstić information content (AvgIpc) is 2.84. The summed E-state index contributed by atoms with van der Waals surface area (Å²) >= 11 is 0. The predicted molar refractivity (Wildman–Crippen MR) is 93.3 cm³/mol. The fraction of sp³-hybridized carbons (Fsp3) is 0.562. The number of hydrogen-bond acceptors (Lipinski definition) is 8. The summed E-state index contributed by atoms with van der Waals surface area (Å²) in [6.07, 6.45) is -0.926. The molecule has 10 nitrogen and oxygen atoms in total. The zero-order chi connectivity index (χ0) is 19.9. The predicted octanol–water partition coefficient (Wildman–Crippen LogP) is 1.72. The van der Waals surface area contributed by atoms with E-state index in [1.807, 2.05) is 0 Å². The Morgan fingerprint density at radius 1 is 1.23 bits per heavy atom. The topological polar surface area (TPSA) is 128 Å². The Kier molecular flexibility index (Phi) is 5.02. The van der Waals surface area contributed by atoms with Gasteiger partial charge in [0.1, 0.15) is 11.3 Å². The Balaban J connectivity index is 2.36. The Morgan fingerprint density at radius 3 is 2.38 bits per heavy atom. The van der Waals surface area contributed by atoms with Crippen molar-refractivity contribution in [3.05, 3.63) is 22.6 Å². The molecule has 2 rings (SSSR count). The molecule has 0 aliphatic rings. The van der Waals surface area contributed by atoms with Crippen molar-refractivity contribution < 1.29 is 24.6 Å². The largest absolute Gasteiger partial charge is 0.442 e. The highest BCUT2D eigenvalue weighted by Crippen LogP contribution is 2.17. The number of aliphatic hydroxyl groups is 1. The van der Waals surface area contributed by atoms with Gasteiger partial charge in [0.15, 0.2) is 0 Å². The SMILES string of the molecule is CC(C)(C)OC(=O)n1cc2cc(NC(O)OC(C)(C)C)c(=O)n(O)c2n1. The highest BCUT2D eigenvalue weighted by Gasteiger charge is 2.22. The van der Waals surface area contributed by atoms with Crippen molar-refractivity contribution >= 4 is 22.8 Å². The number of hydrogen-bond donors (Lipinski definition) is 3. The number of nitrogens with zero attached hydrogens (tertiary/aromatic N) is 3. The molecule has 1 atom stereocenters. The maximum absolute atomic E-state index is 12.2. The number of aromatic nitrogens is 3. The van der Waals surface area contributed by atoms with Crippen LogP contribution in [0.2, 0.25) is 0 Å². The summed E-state index contributed by atoms with van der Waals surface area (Å²) in [6.45, 7) is 10.3. The molecule has 0 spiro atoms. The zero-order valence-corrected chi connectivity index (χ0v) is 15.6. The maximum atomic E-state index is 12.2. The Hall–Kier alpha value is -2.59. The van der Waals surface area contributed by atoms with Gasteiger partial charge in [0, 0.05) is 11.6 Å². The van der Waals surface area contributed by atoms with E-state index in [1.54, 1.807) is 41.5 Å². The third kappa shape index (κ3) is 4.73. The molecule has 1 unspecified atom stereocenters. The Labute approximate surface area is 149 Å². The molecule has 2 aromatic rings. The zero-order valence-electron chi connectivity index (χ0n) is 15.6. The maximum Gasteiger partial charge on any atom is 0.435 e. The van der Waals surface area contributed by atoms with Crippen LogP contribution >= 0.6 is 0 Å². The molecule has 10 heteroatoms. The lowest BCUT2D eigenvalue weighted by Crippen LogP contribution is -2.35. The van der Waals surface area contributed by atoms with Gasteiger partial charge in [-0.2, -0.15) is 4.68 Å². The van der Waals surface area contributed by atoms with Crippen LogP contribution in [-0.2, 0) is 9.47 Å². The van der Waals surface area contributed by atoms with E-state index in [0.29, 0.717) is 0 Å². The monoisotopic (exact) mass is 368 g/mol. The molecule has 0 aromatic carbocycles. The Bertz CT molecular complexity index is 872. The number of ether oxygens (including phenoxy) is 2. The fourth-order valence-corrected chi connectivity index (χ4v) is 2.08. The minimum absolute atomic E-state index is 0.125. The lowest BCUT2D eigenvalue weighted by atomic mass is 10.2. The summed E-state index contributed by atoms with van der Waals surface area (Å²) in [5.41, 5.74) is -2.49. The first-order valence-corrected chi connectivity index (χ1v) is 7.97. The molecule has 2 heterocycles. The van der Waals surface area contributed by atoms with Crippen molar-refractivity contribution in [3.8, 4) is 0 Å². The number of carbonyl (C=O) groups excluding carboxylic acids is 1. The van der Waals surface area contributed by atoms with Gasteiger partial charge < -0.3 is 25.1 Å². The lowest BCUT2D eigenvalue weighted by molar-refractivity contribution is -0.148. The molecule has 144 valence electrons. The van der Waals surface area contributed by atoms with Gasteiger partial charge >= 0.3 is 11.7 Å². The minimum Gasteiger partial charge on any atom is -0.442 e. The number of carbonyl (C=O) groups is 1. The van der Waals surface area contributed by atoms with Crippen LogP contribution in [0.15, 0.2) is 17.1 Å². The molecule has 0 saturated carbocycles. The molecule has 26 heavy (non-hydrogen) atoms. The molecular weight excluding hydrogens is 344 g/mol. The summed E-state index contributed by atoms with van der Waals surface area (Å²) < 4.78 is 11.6. The van der Waals surface area contributed by atoms with Crippen molar-refractivity contribution in [1.29, 1.82) is 0 Å². The van der Waals surface area contributed by atoms with E-state index >= 15 is 0 Å². The molecule has 0 saturated heterocycles. The summed E-state index contributed by atoms with van der Waals surface area (Å²) in [7, 11) is 0. The summed E-state index contributed by atoms with van der Waals surface area (Å²) in [4.78, 5) is 24.3. The smallest absolute Gasteiger partial charge is 0.435 e. The quantitative estimate of drug-likeness (QED) is 0.552. The number of pyridine rings is 1. The van der Waals surface area contributed by atoms with Crippen molar-refractivity contribution in [2.45, 2.75) is 59.2 Å². The second-order valence-electron chi connectivity index (χ2n) is 7.73. The first-order chi connectivity index (χ1) is 11.8. The Morgan fingerprint density at radius 2 is 1.85 bits per heavy atom. The lowest BCUT2D eigenvalue weighted by Gasteiger charge is -2.24. The van der Waals surface area contributed by atoms with Gasteiger partial charge in [-0.1, -0.05) is 0 Å². The second-order valence-corrected chi connectivity index (χ2v) is 7.73. The minimum atomic E-state index is -1.47. The van der Waals surface area contributed by atoms with Gasteiger partial charge in [-0.15, -0.1) is 9.83 Å². The van der Waals surface area contributed by atoms with Crippen LogP contribution in [-0.4, -0.2) is 48.5 Å². The van der Waals surface area contributed by atoms with Crippen LogP contribution in [0, 0.1) is 0 Å². The molecule has 0 amide bonds. The third-order valence-corrected chi connectivity index (χ3v) is 2.97. The molecule has 3 N–H and O–H groups in total. The van der Waals surface area contributed by atoms with Crippen LogP contribution in [0.1, 0.15) is 41.5 Å². The standard InChI is InChI=1S/C16H24N4O6/c1-15(2,3)25-13(22)17-10-7-9-8-19(14(23)26-16(4,5)6)18-11(9)20(24)12(10)21/h7-8,13,17,22,24H,1-6H3. The van der Waals surface area contributed by atoms with E-state index < -0.39 is 29.3 Å². The summed E-state index contributed by atoms with van der Waals surface area (Å²) in [5, 5.41) is 26.5. The van der Waals surface area contributed by atoms with E-state index in [9.17, 15) is 19.9 Å². The van der Waals surface area contributed by atoms with E-state index in [4.69, 9.17) is 9.47 Å². The molecule has 0 radical (unpaired) electrons. The molecule has 2 aromatic heterocycles. The number of aliphatic hydroxyl groups excluding tert-OH is 1. The van der Waals surface area contributed by atoms with Crippen LogP contribution < -0.4 is 10.9 Å². The van der Waals surface area contributed by atoms with Gasteiger partial charge in [-0.25, -0.2) is 4.79 Å². The molecule has 0 bridgehead atoms. The number of nitrogens with one attached hydrogen (secondary N) is 1. The van der Waals surface area contributed by atoms with Crippen LogP contribution in [0.25, 0.3) is 11.0 Å². The van der Waals surface area contributed by atoms with Crippen molar-refractivity contribution in [3.63, 3.8) is 0 Å². The van der Waals surface area contributed by atoms with Gasteiger partial charge in [0.05, 0.1) is 5.60 Å². The summed E-state index contributed by atoms with van der Waals surface area (Å²) in [6, 6.07) is 1.34. The van der Waals surface area contributed by atoms with Crippen molar-refractivity contribution in [2.75, 3.05) is 5.32 Å². The van der Waals surface area contributed by atoms with E-state index in [2.05, 4.69) is 10.4 Å². The second kappa shape index (κ2) is 6.61. The first kappa shape index (κ1) is 19.7. The first-order valence-electron chi connectivity index (χ1n) is 7.97. The average molecular weight is 368 g/mol. The molecule has 0 aliphatic carbocycles. The van der Waals surface area contributed by atoms with Crippen LogP contribution in [0.5, 0.6) is 0 Å².